The third-order valence-corrected chi connectivity index (χ3v) is 4.64. The van der Waals surface area contributed by atoms with Crippen molar-refractivity contribution in [3.8, 4) is 0 Å². The second-order valence-corrected chi connectivity index (χ2v) is 7.02. The minimum atomic E-state index is -0.843. The molecule has 4 N–H and O–H groups in total. The van der Waals surface area contributed by atoms with Crippen molar-refractivity contribution in [1.82, 2.24) is 5.32 Å². The number of aliphatic carboxylic acids is 1. The average molecular weight is 298 g/mol. The van der Waals surface area contributed by atoms with E-state index in [0.29, 0.717) is 25.3 Å². The van der Waals surface area contributed by atoms with Crippen LogP contribution >= 0.6 is 0 Å². The van der Waals surface area contributed by atoms with Crippen LogP contribution in [0.3, 0.4) is 0 Å². The number of nitrogens with one attached hydrogen (secondary N) is 1. The van der Waals surface area contributed by atoms with Crippen molar-refractivity contribution in [2.24, 2.45) is 23.0 Å². The minimum Gasteiger partial charge on any atom is -0.481 e. The normalized spacial score (nSPS) is 27.4. The number of hydrogen-bond acceptors (Lipinski definition) is 3. The Morgan fingerprint density at radius 2 is 2.05 bits per heavy atom. The van der Waals surface area contributed by atoms with Crippen molar-refractivity contribution in [2.75, 3.05) is 6.54 Å². The number of carbonyl (C=O) groups is 2. The van der Waals surface area contributed by atoms with Crippen LogP contribution in [0.15, 0.2) is 0 Å². The summed E-state index contributed by atoms with van der Waals surface area (Å²) in [6.45, 7) is 6.47. The summed E-state index contributed by atoms with van der Waals surface area (Å²) in [4.78, 5) is 23.7. The molecule has 0 spiro atoms. The second-order valence-electron chi connectivity index (χ2n) is 7.02. The quantitative estimate of drug-likeness (QED) is 0.671. The molecule has 0 heterocycles. The molecule has 1 aliphatic rings. The van der Waals surface area contributed by atoms with Crippen LogP contribution in [0.25, 0.3) is 0 Å². The topological polar surface area (TPSA) is 92.4 Å². The molecule has 0 aliphatic heterocycles. The van der Waals surface area contributed by atoms with Gasteiger partial charge in [-0.15, -0.1) is 0 Å². The third-order valence-electron chi connectivity index (χ3n) is 4.64. The van der Waals surface area contributed by atoms with Gasteiger partial charge in [-0.1, -0.05) is 26.7 Å². The Morgan fingerprint density at radius 1 is 1.38 bits per heavy atom. The van der Waals surface area contributed by atoms with Crippen molar-refractivity contribution in [1.29, 1.82) is 0 Å². The summed E-state index contributed by atoms with van der Waals surface area (Å²) < 4.78 is 0. The molecule has 21 heavy (non-hydrogen) atoms. The maximum absolute atomic E-state index is 12.2. The molecule has 1 amide bonds. The number of carbonyl (C=O) groups excluding carboxylic acids is 1. The molecule has 122 valence electrons. The van der Waals surface area contributed by atoms with E-state index >= 15 is 0 Å². The number of carboxylic acid groups (broad SMARTS) is 1. The first kappa shape index (κ1) is 18.0. The zero-order valence-corrected chi connectivity index (χ0v) is 13.5. The van der Waals surface area contributed by atoms with Gasteiger partial charge in [0.25, 0.3) is 0 Å². The third kappa shape index (κ3) is 4.99. The molecule has 0 radical (unpaired) electrons. The van der Waals surface area contributed by atoms with Crippen LogP contribution in [0.1, 0.15) is 59.3 Å². The lowest BCUT2D eigenvalue weighted by molar-refractivity contribution is -0.152. The maximum atomic E-state index is 12.2. The molecule has 1 saturated carbocycles. The Hall–Kier alpha value is -1.10. The van der Waals surface area contributed by atoms with Gasteiger partial charge in [0.1, 0.15) is 0 Å². The molecule has 0 aromatic rings. The van der Waals surface area contributed by atoms with Crippen LogP contribution in [0.4, 0.5) is 0 Å². The summed E-state index contributed by atoms with van der Waals surface area (Å²) in [5.74, 6) is -0.203. The standard InChI is InChI=1S/C16H30N2O3/c1-11(2)8-12(10-17)9-14(19)18-13-6-4-5-7-16(13,3)15(20)21/h11-13H,4-10,17H2,1-3H3,(H,18,19)(H,20,21). The fourth-order valence-corrected chi connectivity index (χ4v) is 3.27. The first-order chi connectivity index (χ1) is 9.79. The predicted octanol–water partition coefficient (Wildman–Crippen LogP) is 2.15. The van der Waals surface area contributed by atoms with Gasteiger partial charge >= 0.3 is 5.97 Å². The SMILES string of the molecule is CC(C)CC(CN)CC(=O)NC1CCCCC1(C)C(=O)O. The molecule has 1 aliphatic carbocycles. The molecule has 3 atom stereocenters. The van der Waals surface area contributed by atoms with E-state index in [9.17, 15) is 14.7 Å². The Labute approximate surface area is 127 Å². The molecule has 5 heteroatoms. The maximum Gasteiger partial charge on any atom is 0.311 e. The van der Waals surface area contributed by atoms with Crippen LogP contribution in [-0.2, 0) is 9.59 Å². The molecule has 1 rings (SSSR count). The summed E-state index contributed by atoms with van der Waals surface area (Å²) >= 11 is 0. The molecule has 3 unspecified atom stereocenters. The van der Waals surface area contributed by atoms with E-state index in [4.69, 9.17) is 5.73 Å². The molecular formula is C16H30N2O3. The number of amides is 1. The molecule has 0 aromatic heterocycles. The number of nitrogens with two attached hydrogens (primary N) is 1. The zero-order chi connectivity index (χ0) is 16.0. The molecular weight excluding hydrogens is 268 g/mol. The van der Waals surface area contributed by atoms with E-state index in [1.807, 2.05) is 0 Å². The van der Waals surface area contributed by atoms with Crippen molar-refractivity contribution < 1.29 is 14.7 Å². The summed E-state index contributed by atoms with van der Waals surface area (Å²) in [5.41, 5.74) is 4.89. The van der Waals surface area contributed by atoms with Crippen molar-refractivity contribution in [3.05, 3.63) is 0 Å². The smallest absolute Gasteiger partial charge is 0.311 e. The van der Waals surface area contributed by atoms with E-state index in [1.54, 1.807) is 6.92 Å². The Morgan fingerprint density at radius 3 is 2.57 bits per heavy atom. The van der Waals surface area contributed by atoms with Crippen LogP contribution in [0.5, 0.6) is 0 Å². The lowest BCUT2D eigenvalue weighted by Crippen LogP contribution is -2.52. The first-order valence-corrected chi connectivity index (χ1v) is 8.02. The van der Waals surface area contributed by atoms with Crippen LogP contribution in [-0.4, -0.2) is 29.6 Å². The van der Waals surface area contributed by atoms with E-state index < -0.39 is 11.4 Å². The van der Waals surface area contributed by atoms with Gasteiger partial charge < -0.3 is 16.2 Å². The van der Waals surface area contributed by atoms with Gasteiger partial charge in [-0.05, 0) is 44.6 Å². The van der Waals surface area contributed by atoms with Gasteiger partial charge in [0.05, 0.1) is 5.41 Å². The molecule has 0 bridgehead atoms. The minimum absolute atomic E-state index is 0.0644. The van der Waals surface area contributed by atoms with E-state index in [2.05, 4.69) is 19.2 Å². The summed E-state index contributed by atoms with van der Waals surface area (Å²) in [5, 5.41) is 12.4. The van der Waals surface area contributed by atoms with Crippen LogP contribution in [0, 0.1) is 17.3 Å². The highest BCUT2D eigenvalue weighted by Crippen LogP contribution is 2.36. The lowest BCUT2D eigenvalue weighted by Gasteiger charge is -2.38. The van der Waals surface area contributed by atoms with Gasteiger partial charge in [0.2, 0.25) is 5.91 Å². The second kappa shape index (κ2) is 7.78. The van der Waals surface area contributed by atoms with Gasteiger partial charge in [-0.3, -0.25) is 9.59 Å². The molecule has 0 aromatic carbocycles. The van der Waals surface area contributed by atoms with Gasteiger partial charge in [-0.25, -0.2) is 0 Å². The Bertz CT molecular complexity index is 371. The summed E-state index contributed by atoms with van der Waals surface area (Å²) in [6, 6.07) is -0.270. The summed E-state index contributed by atoms with van der Waals surface area (Å²) in [6.07, 6.45) is 4.56. The lowest BCUT2D eigenvalue weighted by atomic mass is 9.71. The zero-order valence-electron chi connectivity index (χ0n) is 13.5. The number of hydrogen-bond donors (Lipinski definition) is 3. The number of rotatable bonds is 7. The average Bonchev–Trinajstić information content (AvgIpc) is 2.40. The number of carboxylic acids is 1. The molecule has 1 fully saturated rings. The summed E-state index contributed by atoms with van der Waals surface area (Å²) in [7, 11) is 0. The van der Waals surface area contributed by atoms with Gasteiger partial charge in [0, 0.05) is 12.5 Å². The van der Waals surface area contributed by atoms with Crippen LogP contribution < -0.4 is 11.1 Å². The first-order valence-electron chi connectivity index (χ1n) is 8.02. The van der Waals surface area contributed by atoms with E-state index in [1.165, 1.54) is 0 Å². The van der Waals surface area contributed by atoms with Gasteiger partial charge in [-0.2, -0.15) is 0 Å². The van der Waals surface area contributed by atoms with Crippen molar-refractivity contribution in [2.45, 2.75) is 65.3 Å². The van der Waals surface area contributed by atoms with Crippen molar-refractivity contribution in [3.63, 3.8) is 0 Å². The fourth-order valence-electron chi connectivity index (χ4n) is 3.27. The largest absolute Gasteiger partial charge is 0.481 e. The van der Waals surface area contributed by atoms with E-state index in [0.717, 1.165) is 25.7 Å². The molecule has 5 nitrogen and oxygen atoms in total. The Balaban J connectivity index is 2.61. The fraction of sp³-hybridized carbons (Fsp3) is 0.875. The van der Waals surface area contributed by atoms with Gasteiger partial charge in [0.15, 0.2) is 0 Å². The highest BCUT2D eigenvalue weighted by molar-refractivity contribution is 5.80. The monoisotopic (exact) mass is 298 g/mol. The highest BCUT2D eigenvalue weighted by atomic mass is 16.4. The highest BCUT2D eigenvalue weighted by Gasteiger charge is 2.43. The van der Waals surface area contributed by atoms with E-state index in [-0.39, 0.29) is 17.9 Å². The molecule has 0 saturated heterocycles. The van der Waals surface area contributed by atoms with Crippen molar-refractivity contribution >= 4 is 11.9 Å². The van der Waals surface area contributed by atoms with Crippen LogP contribution in [0.2, 0.25) is 0 Å². The Kier molecular flexibility index (Phi) is 6.65. The predicted molar refractivity (Wildman–Crippen MR) is 82.8 cm³/mol.